The van der Waals surface area contributed by atoms with Gasteiger partial charge in [-0.3, -0.25) is 4.79 Å². The summed E-state index contributed by atoms with van der Waals surface area (Å²) < 4.78 is 16.4. The van der Waals surface area contributed by atoms with Crippen LogP contribution in [0.3, 0.4) is 0 Å². The van der Waals surface area contributed by atoms with Gasteiger partial charge >= 0.3 is 0 Å². The van der Waals surface area contributed by atoms with Gasteiger partial charge in [0.2, 0.25) is 5.79 Å². The Hall–Kier alpha value is -3.15. The highest BCUT2D eigenvalue weighted by atomic mass is 16.7. The van der Waals surface area contributed by atoms with E-state index in [0.717, 1.165) is 17.1 Å². The van der Waals surface area contributed by atoms with Crippen molar-refractivity contribution in [1.29, 1.82) is 0 Å². The molecule has 0 saturated heterocycles. The van der Waals surface area contributed by atoms with Gasteiger partial charge in [-0.2, -0.15) is 0 Å². The summed E-state index contributed by atoms with van der Waals surface area (Å²) in [5.41, 5.74) is 2.83. The molecule has 0 saturated carbocycles. The predicted octanol–water partition coefficient (Wildman–Crippen LogP) is 5.07. The Bertz CT molecular complexity index is 999. The second-order valence-electron chi connectivity index (χ2n) is 8.16. The third-order valence-corrected chi connectivity index (χ3v) is 4.74. The van der Waals surface area contributed by atoms with Crippen LogP contribution in [0.1, 0.15) is 55.6 Å². The number of carbonyl (C=O) groups is 1. The van der Waals surface area contributed by atoms with Gasteiger partial charge in [-0.15, -0.1) is 0 Å². The van der Waals surface area contributed by atoms with Crippen LogP contribution in [0.25, 0.3) is 0 Å². The monoisotopic (exact) mass is 412 g/mol. The fourth-order valence-electron chi connectivity index (χ4n) is 3.27. The smallest absolute Gasteiger partial charge is 0.246 e. The van der Waals surface area contributed by atoms with Gasteiger partial charge in [0.25, 0.3) is 0 Å². The van der Waals surface area contributed by atoms with Crippen molar-refractivity contribution in [2.75, 3.05) is 6.61 Å². The number of rotatable bonds is 2. The topological polar surface area (TPSA) is 85.2 Å². The van der Waals surface area contributed by atoms with Gasteiger partial charge in [0, 0.05) is 31.9 Å². The Morgan fingerprint density at radius 3 is 2.50 bits per heavy atom. The van der Waals surface area contributed by atoms with Crippen LogP contribution in [0.5, 0.6) is 28.7 Å². The van der Waals surface area contributed by atoms with Crippen molar-refractivity contribution in [3.63, 3.8) is 0 Å². The molecule has 2 N–H and O–H groups in total. The zero-order valence-corrected chi connectivity index (χ0v) is 18.0. The lowest BCUT2D eigenvalue weighted by Crippen LogP contribution is -2.29. The lowest BCUT2D eigenvalue weighted by molar-refractivity contribution is -0.0431. The molecule has 4 rings (SSSR count). The third-order valence-electron chi connectivity index (χ3n) is 4.74. The average Bonchev–Trinajstić information content (AvgIpc) is 2.94. The van der Waals surface area contributed by atoms with Crippen molar-refractivity contribution in [2.24, 2.45) is 0 Å². The Morgan fingerprint density at radius 1 is 1.10 bits per heavy atom. The summed E-state index contributed by atoms with van der Waals surface area (Å²) in [5.74, 6) is 1.10. The normalized spacial score (nSPS) is 15.4. The molecule has 2 aliphatic rings. The van der Waals surface area contributed by atoms with Gasteiger partial charge < -0.3 is 24.4 Å². The van der Waals surface area contributed by atoms with Crippen molar-refractivity contribution in [3.05, 3.63) is 52.6 Å². The number of hydrogen-bond donors (Lipinski definition) is 2. The first kappa shape index (κ1) is 21.6. The number of allylic oxidation sites excluding steroid dienone is 2. The first-order valence-electron chi connectivity index (χ1n) is 9.93. The molecule has 0 unspecified atom stereocenters. The van der Waals surface area contributed by atoms with Crippen LogP contribution in [-0.4, -0.2) is 28.4 Å². The van der Waals surface area contributed by atoms with E-state index in [1.165, 1.54) is 11.6 Å². The number of phenols is 2. The summed E-state index contributed by atoms with van der Waals surface area (Å²) in [6.07, 6.45) is 2.53. The summed E-state index contributed by atoms with van der Waals surface area (Å²) in [5, 5.41) is 20.0. The van der Waals surface area contributed by atoms with Crippen molar-refractivity contribution >= 4 is 5.78 Å². The molecule has 0 spiro atoms. The highest BCUT2D eigenvalue weighted by molar-refractivity contribution is 6.02. The molecule has 0 radical (unpaired) electrons. The van der Waals surface area contributed by atoms with Gasteiger partial charge in [-0.05, 0) is 44.9 Å². The second kappa shape index (κ2) is 8.30. The fraction of sp³-hybridized carbons (Fsp3) is 0.375. The maximum atomic E-state index is 11.8. The highest BCUT2D eigenvalue weighted by Gasteiger charge is 2.31. The standard InChI is InChI=1S/C14H16O4.C10H12O2/c1-8(2)3-4-9-11(16)7-12-13(14(9)17)10(15)5-6-18-12;1-7-4-5-8-9(6-7)12-10(2,3)11-8/h3,7,16-17H,4-6H2,1-2H3;4-6H,1-3H3. The molecule has 0 fully saturated rings. The first-order valence-corrected chi connectivity index (χ1v) is 9.93. The maximum absolute atomic E-state index is 11.8. The van der Waals surface area contributed by atoms with Crippen LogP contribution < -0.4 is 14.2 Å². The number of aromatic hydroxyl groups is 2. The number of phenolic OH excluding ortho intramolecular Hbond substituents is 2. The van der Waals surface area contributed by atoms with E-state index in [4.69, 9.17) is 14.2 Å². The molecule has 0 aliphatic carbocycles. The minimum Gasteiger partial charge on any atom is -0.507 e. The number of fused-ring (bicyclic) bond motifs is 2. The largest absolute Gasteiger partial charge is 0.507 e. The molecule has 2 heterocycles. The van der Waals surface area contributed by atoms with Crippen molar-refractivity contribution < 1.29 is 29.2 Å². The van der Waals surface area contributed by atoms with Crippen LogP contribution in [0.4, 0.5) is 0 Å². The third kappa shape index (κ3) is 4.70. The van der Waals surface area contributed by atoms with Crippen molar-refractivity contribution in [1.82, 2.24) is 0 Å². The van der Waals surface area contributed by atoms with E-state index < -0.39 is 5.79 Å². The second-order valence-corrected chi connectivity index (χ2v) is 8.16. The number of hydrogen-bond acceptors (Lipinski definition) is 6. The number of benzene rings is 2. The molecule has 0 atom stereocenters. The minimum absolute atomic E-state index is 0.0431. The summed E-state index contributed by atoms with van der Waals surface area (Å²) in [7, 11) is 0. The van der Waals surface area contributed by atoms with Gasteiger partial charge in [0.15, 0.2) is 17.3 Å². The summed E-state index contributed by atoms with van der Waals surface area (Å²) >= 11 is 0. The molecule has 6 nitrogen and oxygen atoms in total. The molecular weight excluding hydrogens is 384 g/mol. The van der Waals surface area contributed by atoms with Crippen molar-refractivity contribution in [3.8, 4) is 28.7 Å². The van der Waals surface area contributed by atoms with Gasteiger partial charge in [-0.1, -0.05) is 17.7 Å². The summed E-state index contributed by atoms with van der Waals surface area (Å²) in [6.45, 7) is 10.00. The Labute approximate surface area is 176 Å². The number of carbonyl (C=O) groups excluding carboxylic acids is 1. The average molecular weight is 412 g/mol. The Morgan fingerprint density at radius 2 is 1.80 bits per heavy atom. The number of ether oxygens (including phenoxy) is 3. The molecule has 2 aliphatic heterocycles. The van der Waals surface area contributed by atoms with E-state index >= 15 is 0 Å². The molecule has 0 amide bonds. The van der Waals surface area contributed by atoms with Crippen LogP contribution in [0.2, 0.25) is 0 Å². The lowest BCUT2D eigenvalue weighted by Gasteiger charge is -2.19. The van der Waals surface area contributed by atoms with E-state index in [2.05, 4.69) is 0 Å². The van der Waals surface area contributed by atoms with Crippen LogP contribution in [0, 0.1) is 6.92 Å². The van der Waals surface area contributed by atoms with E-state index in [-0.39, 0.29) is 41.6 Å². The molecule has 2 aromatic carbocycles. The predicted molar refractivity (Wildman–Crippen MR) is 114 cm³/mol. The maximum Gasteiger partial charge on any atom is 0.246 e. The number of aryl methyl sites for hydroxylation is 1. The Balaban J connectivity index is 0.000000184. The van der Waals surface area contributed by atoms with Gasteiger partial charge in [-0.25, -0.2) is 0 Å². The van der Waals surface area contributed by atoms with Crippen LogP contribution in [0.15, 0.2) is 35.9 Å². The lowest BCUT2D eigenvalue weighted by atomic mass is 9.97. The first-order chi connectivity index (χ1) is 14.1. The quantitative estimate of drug-likeness (QED) is 0.670. The minimum atomic E-state index is -0.504. The molecule has 30 heavy (non-hydrogen) atoms. The molecule has 160 valence electrons. The van der Waals surface area contributed by atoms with Crippen molar-refractivity contribution in [2.45, 2.75) is 53.2 Å². The SMILES string of the molecule is CC(C)=CCc1c(O)cc2c(c1O)C(=O)CCO2.Cc1ccc2c(c1)OC(C)(C)O2. The van der Waals surface area contributed by atoms with Crippen LogP contribution >= 0.6 is 0 Å². The number of ketones is 1. The number of Topliss-reactive ketones (excluding diaryl/α,β-unsaturated/α-hetero) is 1. The van der Waals surface area contributed by atoms with E-state index in [0.29, 0.717) is 12.0 Å². The van der Waals surface area contributed by atoms with Gasteiger partial charge in [0.1, 0.15) is 22.8 Å². The summed E-state index contributed by atoms with van der Waals surface area (Å²) in [4.78, 5) is 11.8. The molecular formula is C24H28O6. The zero-order chi connectivity index (χ0) is 22.1. The van der Waals surface area contributed by atoms with Gasteiger partial charge in [0.05, 0.1) is 6.61 Å². The summed E-state index contributed by atoms with van der Waals surface area (Å²) in [6, 6.07) is 7.35. The molecule has 0 aromatic heterocycles. The van der Waals surface area contributed by atoms with Crippen LogP contribution in [-0.2, 0) is 6.42 Å². The van der Waals surface area contributed by atoms with E-state index in [9.17, 15) is 15.0 Å². The highest BCUT2D eigenvalue weighted by Crippen LogP contribution is 2.41. The zero-order valence-electron chi connectivity index (χ0n) is 18.0. The molecule has 6 heteroatoms. The molecule has 0 bridgehead atoms. The fourth-order valence-corrected chi connectivity index (χ4v) is 3.27. The Kier molecular flexibility index (Phi) is 5.97. The van der Waals surface area contributed by atoms with E-state index in [1.54, 1.807) is 0 Å². The van der Waals surface area contributed by atoms with E-state index in [1.807, 2.05) is 58.9 Å². The molecule has 2 aromatic rings.